The molecule has 4 heteroatoms. The van der Waals surface area contributed by atoms with E-state index in [1.807, 2.05) is 13.2 Å². The second kappa shape index (κ2) is 4.32. The number of hydrogen-bond acceptors (Lipinski definition) is 2. The molecule has 2 heterocycles. The molecule has 0 aliphatic carbocycles. The molecule has 1 fully saturated rings. The van der Waals surface area contributed by atoms with Gasteiger partial charge in [-0.2, -0.15) is 5.10 Å². The molecule has 78 valence electrons. The number of aryl methyl sites for hydroxylation is 1. The number of aromatic nitrogens is 2. The minimum atomic E-state index is 0.353. The molecule has 1 aliphatic heterocycles. The van der Waals surface area contributed by atoms with E-state index in [2.05, 4.69) is 10.4 Å². The maximum atomic E-state index is 6.11. The Morgan fingerprint density at radius 1 is 1.50 bits per heavy atom. The molecule has 1 aromatic rings. The third-order valence-electron chi connectivity index (χ3n) is 2.70. The zero-order chi connectivity index (χ0) is 9.97. The van der Waals surface area contributed by atoms with Crippen LogP contribution in [-0.2, 0) is 7.05 Å². The van der Waals surface area contributed by atoms with E-state index >= 15 is 0 Å². The summed E-state index contributed by atoms with van der Waals surface area (Å²) in [6.07, 6.45) is 6.86. The molecule has 0 saturated carbocycles. The van der Waals surface area contributed by atoms with Crippen molar-refractivity contribution in [2.75, 3.05) is 6.54 Å². The van der Waals surface area contributed by atoms with Crippen molar-refractivity contribution in [1.82, 2.24) is 15.1 Å². The van der Waals surface area contributed by atoms with Gasteiger partial charge in [-0.15, -0.1) is 0 Å². The van der Waals surface area contributed by atoms with Crippen LogP contribution in [-0.4, -0.2) is 16.3 Å². The fraction of sp³-hybridized carbons (Fsp3) is 0.700. The third kappa shape index (κ3) is 2.10. The lowest BCUT2D eigenvalue weighted by atomic mass is 10.1. The molecule has 2 rings (SSSR count). The van der Waals surface area contributed by atoms with Gasteiger partial charge in [0.2, 0.25) is 0 Å². The zero-order valence-corrected chi connectivity index (χ0v) is 9.22. The van der Waals surface area contributed by atoms with Crippen molar-refractivity contribution >= 4 is 11.6 Å². The zero-order valence-electron chi connectivity index (χ0n) is 8.46. The first-order valence-electron chi connectivity index (χ1n) is 5.20. The average Bonchev–Trinajstić information content (AvgIpc) is 2.43. The molecule has 1 aromatic heterocycles. The molecule has 0 radical (unpaired) electrons. The topological polar surface area (TPSA) is 29.9 Å². The first kappa shape index (κ1) is 9.99. The van der Waals surface area contributed by atoms with Gasteiger partial charge in [0.05, 0.1) is 16.8 Å². The molecular formula is C10H16ClN3. The Hall–Kier alpha value is -0.540. The summed E-state index contributed by atoms with van der Waals surface area (Å²) in [7, 11) is 1.91. The van der Waals surface area contributed by atoms with Gasteiger partial charge in [-0.25, -0.2) is 0 Å². The number of nitrogens with zero attached hydrogens (tertiary/aromatic N) is 2. The van der Waals surface area contributed by atoms with Gasteiger partial charge in [0.1, 0.15) is 0 Å². The highest BCUT2D eigenvalue weighted by Gasteiger charge is 2.19. The van der Waals surface area contributed by atoms with E-state index in [0.29, 0.717) is 6.04 Å². The van der Waals surface area contributed by atoms with Crippen molar-refractivity contribution in [3.8, 4) is 0 Å². The van der Waals surface area contributed by atoms with E-state index in [-0.39, 0.29) is 0 Å². The summed E-state index contributed by atoms with van der Waals surface area (Å²) in [5.74, 6) is 0. The molecule has 1 aliphatic rings. The van der Waals surface area contributed by atoms with Crippen molar-refractivity contribution in [3.05, 3.63) is 16.9 Å². The highest BCUT2D eigenvalue weighted by atomic mass is 35.5. The molecule has 0 unspecified atom stereocenters. The van der Waals surface area contributed by atoms with E-state index in [1.165, 1.54) is 19.3 Å². The summed E-state index contributed by atoms with van der Waals surface area (Å²) in [4.78, 5) is 0. The minimum Gasteiger partial charge on any atom is -0.309 e. The Balaban J connectivity index is 2.15. The molecular weight excluding hydrogens is 198 g/mol. The summed E-state index contributed by atoms with van der Waals surface area (Å²) in [6.45, 7) is 1.08. The highest BCUT2D eigenvalue weighted by molar-refractivity contribution is 6.31. The van der Waals surface area contributed by atoms with Gasteiger partial charge in [-0.1, -0.05) is 24.4 Å². The first-order valence-corrected chi connectivity index (χ1v) is 5.57. The molecule has 0 amide bonds. The van der Waals surface area contributed by atoms with E-state index in [1.54, 1.807) is 4.68 Å². The lowest BCUT2D eigenvalue weighted by Crippen LogP contribution is -2.21. The third-order valence-corrected chi connectivity index (χ3v) is 2.99. The SMILES string of the molecule is Cn1cc(Cl)c([C@H]2CCCCCN2)n1. The van der Waals surface area contributed by atoms with Crippen molar-refractivity contribution in [1.29, 1.82) is 0 Å². The van der Waals surface area contributed by atoms with Crippen LogP contribution in [0, 0.1) is 0 Å². The van der Waals surface area contributed by atoms with Crippen LogP contribution in [0.2, 0.25) is 5.02 Å². The van der Waals surface area contributed by atoms with Crippen LogP contribution in [0.1, 0.15) is 37.4 Å². The van der Waals surface area contributed by atoms with Gasteiger partial charge in [-0.3, -0.25) is 4.68 Å². The van der Waals surface area contributed by atoms with Crippen LogP contribution in [0.15, 0.2) is 6.20 Å². The largest absolute Gasteiger partial charge is 0.309 e. The molecule has 1 atom stereocenters. The number of rotatable bonds is 1. The first-order chi connectivity index (χ1) is 6.77. The summed E-state index contributed by atoms with van der Waals surface area (Å²) in [5, 5.41) is 8.67. The molecule has 0 spiro atoms. The number of hydrogen-bond donors (Lipinski definition) is 1. The van der Waals surface area contributed by atoms with Crippen molar-refractivity contribution in [2.24, 2.45) is 7.05 Å². The standard InChI is InChI=1S/C10H16ClN3/c1-14-7-8(11)10(13-14)9-5-3-2-4-6-12-9/h7,9,12H,2-6H2,1H3/t9-/m1/s1. The van der Waals surface area contributed by atoms with Crippen LogP contribution >= 0.6 is 11.6 Å². The molecule has 0 bridgehead atoms. The maximum absolute atomic E-state index is 6.11. The quantitative estimate of drug-likeness (QED) is 0.776. The minimum absolute atomic E-state index is 0.353. The van der Waals surface area contributed by atoms with E-state index < -0.39 is 0 Å². The highest BCUT2D eigenvalue weighted by Crippen LogP contribution is 2.26. The van der Waals surface area contributed by atoms with Gasteiger partial charge in [0, 0.05) is 13.2 Å². The Morgan fingerprint density at radius 2 is 2.36 bits per heavy atom. The fourth-order valence-corrected chi connectivity index (χ4v) is 2.29. The summed E-state index contributed by atoms with van der Waals surface area (Å²) < 4.78 is 1.78. The van der Waals surface area contributed by atoms with Gasteiger partial charge >= 0.3 is 0 Å². The smallest absolute Gasteiger partial charge is 0.0979 e. The van der Waals surface area contributed by atoms with Crippen LogP contribution in [0.3, 0.4) is 0 Å². The second-order valence-electron chi connectivity index (χ2n) is 3.89. The molecule has 3 nitrogen and oxygen atoms in total. The normalized spacial score (nSPS) is 23.4. The molecule has 1 N–H and O–H groups in total. The van der Waals surface area contributed by atoms with Crippen LogP contribution in [0.5, 0.6) is 0 Å². The van der Waals surface area contributed by atoms with Crippen molar-refractivity contribution in [3.63, 3.8) is 0 Å². The number of nitrogens with one attached hydrogen (secondary N) is 1. The molecule has 0 aromatic carbocycles. The van der Waals surface area contributed by atoms with Gasteiger partial charge in [0.15, 0.2) is 0 Å². The fourth-order valence-electron chi connectivity index (χ4n) is 1.97. The lowest BCUT2D eigenvalue weighted by molar-refractivity contribution is 0.514. The Morgan fingerprint density at radius 3 is 3.07 bits per heavy atom. The van der Waals surface area contributed by atoms with Crippen LogP contribution < -0.4 is 5.32 Å². The predicted octanol–water partition coefficient (Wildman–Crippen LogP) is 2.28. The summed E-state index contributed by atoms with van der Waals surface area (Å²) in [6, 6.07) is 0.353. The van der Waals surface area contributed by atoms with Gasteiger partial charge < -0.3 is 5.32 Å². The van der Waals surface area contributed by atoms with E-state index in [9.17, 15) is 0 Å². The maximum Gasteiger partial charge on any atom is 0.0979 e. The predicted molar refractivity (Wildman–Crippen MR) is 57.4 cm³/mol. The Kier molecular flexibility index (Phi) is 3.08. The van der Waals surface area contributed by atoms with Crippen LogP contribution in [0.25, 0.3) is 0 Å². The summed E-state index contributed by atoms with van der Waals surface area (Å²) in [5.41, 5.74) is 1.01. The van der Waals surface area contributed by atoms with Crippen molar-refractivity contribution in [2.45, 2.75) is 31.7 Å². The summed E-state index contributed by atoms with van der Waals surface area (Å²) >= 11 is 6.11. The second-order valence-corrected chi connectivity index (χ2v) is 4.30. The van der Waals surface area contributed by atoms with E-state index in [4.69, 9.17) is 11.6 Å². The van der Waals surface area contributed by atoms with Gasteiger partial charge in [-0.05, 0) is 19.4 Å². The van der Waals surface area contributed by atoms with Crippen LogP contribution in [0.4, 0.5) is 0 Å². The number of halogens is 1. The molecule has 14 heavy (non-hydrogen) atoms. The Bertz CT molecular complexity index is 300. The molecule has 1 saturated heterocycles. The average molecular weight is 214 g/mol. The monoisotopic (exact) mass is 213 g/mol. The van der Waals surface area contributed by atoms with Crippen molar-refractivity contribution < 1.29 is 0 Å². The lowest BCUT2D eigenvalue weighted by Gasteiger charge is -2.13. The van der Waals surface area contributed by atoms with E-state index in [0.717, 1.165) is 23.7 Å². The Labute approximate surface area is 89.4 Å². The van der Waals surface area contributed by atoms with Gasteiger partial charge in [0.25, 0.3) is 0 Å².